The molecule has 0 N–H and O–H groups in total. The molecule has 1 aromatic carbocycles. The number of ether oxygens (including phenoxy) is 1. The Labute approximate surface area is 131 Å². The van der Waals surface area contributed by atoms with Crippen LogP contribution < -0.4 is 4.90 Å². The van der Waals surface area contributed by atoms with Crippen LogP contribution in [0.15, 0.2) is 59.7 Å². The maximum Gasteiger partial charge on any atom is 0.210 e. The van der Waals surface area contributed by atoms with Crippen LogP contribution in [0.2, 0.25) is 0 Å². The number of rotatable bonds is 3. The number of nitrogens with zero attached hydrogens (tertiary/aromatic N) is 3. The maximum absolute atomic E-state index is 9.04. The summed E-state index contributed by atoms with van der Waals surface area (Å²) in [5.41, 5.74) is 1.57. The lowest BCUT2D eigenvalue weighted by Crippen LogP contribution is -2.17. The second kappa shape index (κ2) is 4.83. The van der Waals surface area contributed by atoms with Gasteiger partial charge in [0.05, 0.1) is 12.6 Å². The first-order chi connectivity index (χ1) is 11.0. The largest absolute Gasteiger partial charge is 0.477 e. The highest BCUT2D eigenvalue weighted by Crippen LogP contribution is 2.48. The van der Waals surface area contributed by atoms with Gasteiger partial charge in [0, 0.05) is 11.9 Å². The van der Waals surface area contributed by atoms with Crippen molar-refractivity contribution in [2.45, 2.75) is 31.4 Å². The lowest BCUT2D eigenvalue weighted by atomic mass is 10.1. The molecule has 1 aromatic heterocycles. The molecule has 2 aliphatic heterocycles. The summed E-state index contributed by atoms with van der Waals surface area (Å²) in [6, 6.07) is 14.5. The molecule has 22 heavy (non-hydrogen) atoms. The van der Waals surface area contributed by atoms with Gasteiger partial charge in [-0.15, -0.1) is 0 Å². The van der Waals surface area contributed by atoms with Crippen molar-refractivity contribution in [2.75, 3.05) is 11.5 Å². The van der Waals surface area contributed by atoms with Gasteiger partial charge in [-0.2, -0.15) is 0 Å². The van der Waals surface area contributed by atoms with Gasteiger partial charge in [0.25, 0.3) is 0 Å². The predicted octanol–water partition coefficient (Wildman–Crippen LogP) is 3.22. The number of hydrogen-bond donors (Lipinski definition) is 0. The predicted molar refractivity (Wildman–Crippen MR) is 87.2 cm³/mol. The first kappa shape index (κ1) is 12.2. The van der Waals surface area contributed by atoms with E-state index < -0.39 is 6.02 Å². The molecule has 1 saturated heterocycles. The zero-order valence-corrected chi connectivity index (χ0v) is 12.7. The summed E-state index contributed by atoms with van der Waals surface area (Å²) in [6.07, 6.45) is 1.76. The van der Waals surface area contributed by atoms with Gasteiger partial charge in [-0.3, -0.25) is 4.98 Å². The monoisotopic (exact) mass is 294 g/mol. The van der Waals surface area contributed by atoms with Crippen molar-refractivity contribution in [3.63, 3.8) is 0 Å². The molecule has 0 bridgehead atoms. The molecule has 0 aliphatic carbocycles. The van der Waals surface area contributed by atoms with E-state index in [1.807, 2.05) is 67.3 Å². The second-order valence-corrected chi connectivity index (χ2v) is 6.27. The number of aliphatic imine (C=N–C) groups is 1. The quantitative estimate of drug-likeness (QED) is 0.816. The Kier molecular flexibility index (Phi) is 2.68. The van der Waals surface area contributed by atoms with Crippen molar-refractivity contribution in [3.8, 4) is 0 Å². The number of anilines is 1. The molecule has 3 heterocycles. The van der Waals surface area contributed by atoms with Crippen molar-refractivity contribution < 1.29 is 6.11 Å². The number of aromatic nitrogens is 1. The Bertz CT molecular complexity index is 700. The van der Waals surface area contributed by atoms with Gasteiger partial charge in [-0.05, 0) is 38.1 Å². The fourth-order valence-corrected chi connectivity index (χ4v) is 2.82. The van der Waals surface area contributed by atoms with Crippen molar-refractivity contribution in [2.24, 2.45) is 4.99 Å². The minimum absolute atomic E-state index is 0.182. The molecule has 2 atom stereocenters. The summed E-state index contributed by atoms with van der Waals surface area (Å²) in [5.74, 6) is 0.488. The minimum Gasteiger partial charge on any atom is -0.477 e. The molecular weight excluding hydrogens is 274 g/mol. The van der Waals surface area contributed by atoms with E-state index in [0.29, 0.717) is 12.5 Å². The molecule has 0 amide bonds. The summed E-state index contributed by atoms with van der Waals surface area (Å²) in [5, 5.41) is 0. The van der Waals surface area contributed by atoms with Gasteiger partial charge in [0.1, 0.15) is 18.7 Å². The highest BCUT2D eigenvalue weighted by molar-refractivity contribution is 5.94. The smallest absolute Gasteiger partial charge is 0.210 e. The van der Waals surface area contributed by atoms with Crippen LogP contribution in [-0.2, 0) is 4.74 Å². The van der Waals surface area contributed by atoms with E-state index in [-0.39, 0.29) is 11.6 Å². The third kappa shape index (κ3) is 2.25. The van der Waals surface area contributed by atoms with Crippen LogP contribution in [-0.4, -0.2) is 29.0 Å². The molecule has 112 valence electrons. The Morgan fingerprint density at radius 3 is 2.59 bits per heavy atom. The van der Waals surface area contributed by atoms with Crippen LogP contribution in [0.3, 0.4) is 0 Å². The first-order valence-electron chi connectivity index (χ1n) is 8.01. The van der Waals surface area contributed by atoms with Crippen LogP contribution >= 0.6 is 0 Å². The molecule has 0 radical (unpaired) electrons. The average Bonchev–Trinajstić information content (AvgIpc) is 3.03. The van der Waals surface area contributed by atoms with Crippen LogP contribution in [0, 0.1) is 0 Å². The van der Waals surface area contributed by atoms with Gasteiger partial charge < -0.3 is 9.64 Å². The van der Waals surface area contributed by atoms with Crippen molar-refractivity contribution >= 4 is 11.6 Å². The molecular formula is C18H19N3O. The van der Waals surface area contributed by atoms with E-state index in [1.165, 1.54) is 0 Å². The van der Waals surface area contributed by atoms with Crippen molar-refractivity contribution in [1.82, 2.24) is 4.98 Å². The fraction of sp³-hybridized carbons (Fsp3) is 0.333. The number of para-hydroxylation sites is 1. The summed E-state index contributed by atoms with van der Waals surface area (Å²) >= 11 is 0. The van der Waals surface area contributed by atoms with E-state index in [4.69, 9.17) is 6.11 Å². The van der Waals surface area contributed by atoms with Crippen molar-refractivity contribution in [1.29, 1.82) is 0 Å². The second-order valence-electron chi connectivity index (χ2n) is 6.27. The summed E-state index contributed by atoms with van der Waals surface area (Å²) in [7, 11) is 0. The first-order valence-corrected chi connectivity index (χ1v) is 7.51. The van der Waals surface area contributed by atoms with Crippen LogP contribution in [0.25, 0.3) is 0 Å². The lowest BCUT2D eigenvalue weighted by Gasteiger charge is -2.07. The Morgan fingerprint density at radius 1 is 1.18 bits per heavy atom. The highest BCUT2D eigenvalue weighted by Gasteiger charge is 2.55. The standard InChI is InChI=1S/C18H19N3O/c1-18(2)12-22-17(20-18)16-15(14-10-6-7-11-19-14)21(16)13-8-4-3-5-9-13/h3-11,15-16H,12H2,1-2H3/t15-,16-,21?/m0/s1/i16D. The molecule has 0 spiro atoms. The SMILES string of the molecule is [2H][C@@]1(C2=NC(C)(C)CO2)[C@H](c2ccccn2)N1c1ccccc1. The summed E-state index contributed by atoms with van der Waals surface area (Å²) < 4.78 is 14.8. The molecule has 2 aromatic rings. The van der Waals surface area contributed by atoms with Gasteiger partial charge in [-0.25, -0.2) is 4.99 Å². The van der Waals surface area contributed by atoms with Gasteiger partial charge in [0.2, 0.25) is 5.90 Å². The fourth-order valence-electron chi connectivity index (χ4n) is 2.82. The van der Waals surface area contributed by atoms with Gasteiger partial charge in [-0.1, -0.05) is 24.3 Å². The van der Waals surface area contributed by atoms with Gasteiger partial charge >= 0.3 is 0 Å². The van der Waals surface area contributed by atoms with E-state index in [2.05, 4.69) is 9.98 Å². The Morgan fingerprint density at radius 2 is 1.95 bits per heavy atom. The molecule has 0 saturated carbocycles. The molecule has 4 rings (SSSR count). The number of hydrogen-bond acceptors (Lipinski definition) is 4. The van der Waals surface area contributed by atoms with E-state index >= 15 is 0 Å². The van der Waals surface area contributed by atoms with Gasteiger partial charge in [0.15, 0.2) is 0 Å². The summed E-state index contributed by atoms with van der Waals surface area (Å²) in [6.45, 7) is 4.56. The van der Waals surface area contributed by atoms with Crippen LogP contribution in [0.1, 0.15) is 27.0 Å². The minimum atomic E-state index is -1.02. The Balaban J connectivity index is 1.77. The number of pyridine rings is 1. The molecule has 2 aliphatic rings. The average molecular weight is 294 g/mol. The van der Waals surface area contributed by atoms with Crippen LogP contribution in [0.5, 0.6) is 0 Å². The third-order valence-corrected chi connectivity index (χ3v) is 3.90. The number of benzene rings is 1. The normalized spacial score (nSPS) is 29.5. The maximum atomic E-state index is 9.04. The molecule has 1 fully saturated rings. The van der Waals surface area contributed by atoms with E-state index in [9.17, 15) is 0 Å². The lowest BCUT2D eigenvalue weighted by molar-refractivity contribution is 0.275. The van der Waals surface area contributed by atoms with E-state index in [0.717, 1.165) is 11.4 Å². The molecule has 4 heteroatoms. The molecule has 0 unspecified atom stereocenters. The van der Waals surface area contributed by atoms with Crippen molar-refractivity contribution in [3.05, 3.63) is 60.4 Å². The summed E-state index contributed by atoms with van der Waals surface area (Å²) in [4.78, 5) is 11.1. The topological polar surface area (TPSA) is 37.5 Å². The third-order valence-electron chi connectivity index (χ3n) is 3.90. The molecule has 4 nitrogen and oxygen atoms in total. The van der Waals surface area contributed by atoms with Crippen LogP contribution in [0.4, 0.5) is 5.69 Å². The van der Waals surface area contributed by atoms with E-state index in [1.54, 1.807) is 6.20 Å². The Hall–Kier alpha value is -2.36. The zero-order chi connectivity index (χ0) is 16.1. The zero-order valence-electron chi connectivity index (χ0n) is 13.7. The highest BCUT2D eigenvalue weighted by atomic mass is 16.5.